The maximum absolute atomic E-state index is 13.3. The standard InChI is InChI=1S/C15H15FN2O/c1-10-8-11(2-3-13(10)16)15(19)18-7-5-12-9-17-6-4-14(12)18/h2-3,5,7-8,17H,4,6,9H2,1H3. The fourth-order valence-corrected chi connectivity index (χ4v) is 2.48. The van der Waals surface area contributed by atoms with E-state index in [0.717, 1.165) is 25.2 Å². The molecule has 0 spiro atoms. The second-order valence-electron chi connectivity index (χ2n) is 4.85. The van der Waals surface area contributed by atoms with Crippen LogP contribution < -0.4 is 5.32 Å². The lowest BCUT2D eigenvalue weighted by Crippen LogP contribution is -2.26. The van der Waals surface area contributed by atoms with Gasteiger partial charge in [-0.05, 0) is 42.3 Å². The van der Waals surface area contributed by atoms with Crippen molar-refractivity contribution in [3.63, 3.8) is 0 Å². The molecule has 2 heterocycles. The van der Waals surface area contributed by atoms with Crippen LogP contribution in [0.5, 0.6) is 0 Å². The zero-order valence-electron chi connectivity index (χ0n) is 10.7. The molecular formula is C15H15FN2O. The highest BCUT2D eigenvalue weighted by Gasteiger charge is 2.18. The molecule has 98 valence electrons. The Hall–Kier alpha value is -1.94. The quantitative estimate of drug-likeness (QED) is 0.851. The van der Waals surface area contributed by atoms with Gasteiger partial charge in [0.25, 0.3) is 5.91 Å². The number of nitrogens with zero attached hydrogens (tertiary/aromatic N) is 1. The molecule has 0 unspecified atom stereocenters. The van der Waals surface area contributed by atoms with E-state index in [2.05, 4.69) is 5.32 Å². The van der Waals surface area contributed by atoms with Crippen LogP contribution in [0.1, 0.15) is 27.2 Å². The number of aryl methyl sites for hydroxylation is 1. The Kier molecular flexibility index (Phi) is 2.95. The van der Waals surface area contributed by atoms with Crippen molar-refractivity contribution in [2.45, 2.75) is 19.9 Å². The molecule has 4 heteroatoms. The second-order valence-corrected chi connectivity index (χ2v) is 4.85. The van der Waals surface area contributed by atoms with Crippen LogP contribution in [0.2, 0.25) is 0 Å². The highest BCUT2D eigenvalue weighted by Crippen LogP contribution is 2.18. The first-order valence-electron chi connectivity index (χ1n) is 6.37. The lowest BCUT2D eigenvalue weighted by molar-refractivity contribution is 0.0956. The molecule has 1 aliphatic heterocycles. The molecule has 3 rings (SSSR count). The summed E-state index contributed by atoms with van der Waals surface area (Å²) in [6.07, 6.45) is 2.65. The number of hydrogen-bond donors (Lipinski definition) is 1. The molecule has 2 aromatic rings. The number of benzene rings is 1. The van der Waals surface area contributed by atoms with Crippen LogP contribution in [0.3, 0.4) is 0 Å². The number of halogens is 1. The molecular weight excluding hydrogens is 243 g/mol. The van der Waals surface area contributed by atoms with Crippen molar-refractivity contribution in [2.24, 2.45) is 0 Å². The van der Waals surface area contributed by atoms with Crippen molar-refractivity contribution in [3.05, 3.63) is 58.7 Å². The summed E-state index contributed by atoms with van der Waals surface area (Å²) in [7, 11) is 0. The van der Waals surface area contributed by atoms with Gasteiger partial charge in [-0.15, -0.1) is 0 Å². The summed E-state index contributed by atoms with van der Waals surface area (Å²) in [4.78, 5) is 12.5. The molecule has 0 amide bonds. The molecule has 0 bridgehead atoms. The van der Waals surface area contributed by atoms with Crippen molar-refractivity contribution in [2.75, 3.05) is 6.54 Å². The van der Waals surface area contributed by atoms with Crippen molar-refractivity contribution >= 4 is 5.91 Å². The van der Waals surface area contributed by atoms with E-state index in [1.54, 1.807) is 23.8 Å². The first-order chi connectivity index (χ1) is 9.16. The highest BCUT2D eigenvalue weighted by atomic mass is 19.1. The Labute approximate surface area is 111 Å². The molecule has 0 fully saturated rings. The summed E-state index contributed by atoms with van der Waals surface area (Å²) in [5, 5.41) is 3.28. The number of hydrogen-bond acceptors (Lipinski definition) is 2. The van der Waals surface area contributed by atoms with Crippen LogP contribution in [-0.2, 0) is 13.0 Å². The molecule has 0 atom stereocenters. The summed E-state index contributed by atoms with van der Waals surface area (Å²) >= 11 is 0. The second kappa shape index (κ2) is 4.63. The van der Waals surface area contributed by atoms with Gasteiger partial charge in [0.05, 0.1) is 0 Å². The fraction of sp³-hybridized carbons (Fsp3) is 0.267. The molecule has 1 aromatic heterocycles. The van der Waals surface area contributed by atoms with Gasteiger partial charge in [0.2, 0.25) is 0 Å². The van der Waals surface area contributed by atoms with E-state index in [0.29, 0.717) is 11.1 Å². The van der Waals surface area contributed by atoms with Crippen LogP contribution in [-0.4, -0.2) is 17.0 Å². The number of fused-ring (bicyclic) bond motifs is 1. The van der Waals surface area contributed by atoms with E-state index in [4.69, 9.17) is 0 Å². The smallest absolute Gasteiger partial charge is 0.262 e. The predicted octanol–water partition coefficient (Wildman–Crippen LogP) is 2.27. The molecule has 0 aliphatic carbocycles. The Bertz CT molecular complexity index is 646. The molecule has 1 N–H and O–H groups in total. The van der Waals surface area contributed by atoms with Crippen molar-refractivity contribution in [1.82, 2.24) is 9.88 Å². The minimum absolute atomic E-state index is 0.0914. The van der Waals surface area contributed by atoms with Gasteiger partial charge in [-0.2, -0.15) is 0 Å². The predicted molar refractivity (Wildman–Crippen MR) is 70.7 cm³/mol. The minimum Gasteiger partial charge on any atom is -0.312 e. The van der Waals surface area contributed by atoms with E-state index in [1.807, 2.05) is 6.07 Å². The first-order valence-corrected chi connectivity index (χ1v) is 6.37. The van der Waals surface area contributed by atoms with Crippen LogP contribution in [0.25, 0.3) is 0 Å². The highest BCUT2D eigenvalue weighted by molar-refractivity contribution is 5.96. The van der Waals surface area contributed by atoms with Crippen molar-refractivity contribution in [1.29, 1.82) is 0 Å². The molecule has 0 radical (unpaired) electrons. The summed E-state index contributed by atoms with van der Waals surface area (Å²) < 4.78 is 14.9. The Morgan fingerprint density at radius 2 is 2.21 bits per heavy atom. The topological polar surface area (TPSA) is 34.0 Å². The van der Waals surface area contributed by atoms with E-state index in [1.165, 1.54) is 17.7 Å². The zero-order chi connectivity index (χ0) is 13.4. The van der Waals surface area contributed by atoms with E-state index in [-0.39, 0.29) is 11.7 Å². The third kappa shape index (κ3) is 2.08. The third-order valence-electron chi connectivity index (χ3n) is 3.56. The Balaban J connectivity index is 1.99. The number of carbonyl (C=O) groups excluding carboxylic acids is 1. The van der Waals surface area contributed by atoms with Crippen LogP contribution in [0.15, 0.2) is 30.5 Å². The Morgan fingerprint density at radius 1 is 1.37 bits per heavy atom. The average molecular weight is 258 g/mol. The molecule has 1 aromatic carbocycles. The minimum atomic E-state index is -0.282. The van der Waals surface area contributed by atoms with Gasteiger partial charge in [-0.1, -0.05) is 0 Å². The van der Waals surface area contributed by atoms with E-state index < -0.39 is 0 Å². The van der Waals surface area contributed by atoms with Gasteiger partial charge >= 0.3 is 0 Å². The largest absolute Gasteiger partial charge is 0.312 e. The van der Waals surface area contributed by atoms with Gasteiger partial charge < -0.3 is 5.32 Å². The molecule has 0 saturated heterocycles. The molecule has 0 saturated carbocycles. The van der Waals surface area contributed by atoms with E-state index in [9.17, 15) is 9.18 Å². The van der Waals surface area contributed by atoms with Crippen molar-refractivity contribution in [3.8, 4) is 0 Å². The average Bonchev–Trinajstić information content (AvgIpc) is 2.85. The lowest BCUT2D eigenvalue weighted by Gasteiger charge is -2.16. The number of aromatic nitrogens is 1. The maximum Gasteiger partial charge on any atom is 0.262 e. The van der Waals surface area contributed by atoms with Gasteiger partial charge in [0, 0.05) is 37.0 Å². The number of rotatable bonds is 1. The van der Waals surface area contributed by atoms with E-state index >= 15 is 0 Å². The van der Waals surface area contributed by atoms with Crippen LogP contribution in [0.4, 0.5) is 4.39 Å². The van der Waals surface area contributed by atoms with Gasteiger partial charge in [0.1, 0.15) is 5.82 Å². The summed E-state index contributed by atoms with van der Waals surface area (Å²) in [5.74, 6) is -0.374. The Morgan fingerprint density at radius 3 is 3.00 bits per heavy atom. The van der Waals surface area contributed by atoms with Gasteiger partial charge in [0.15, 0.2) is 0 Å². The molecule has 19 heavy (non-hydrogen) atoms. The fourth-order valence-electron chi connectivity index (χ4n) is 2.48. The number of nitrogens with one attached hydrogen (secondary N) is 1. The zero-order valence-corrected chi connectivity index (χ0v) is 10.7. The third-order valence-corrected chi connectivity index (χ3v) is 3.56. The van der Waals surface area contributed by atoms with Gasteiger partial charge in [-0.25, -0.2) is 4.39 Å². The van der Waals surface area contributed by atoms with Crippen LogP contribution in [0, 0.1) is 12.7 Å². The lowest BCUT2D eigenvalue weighted by atomic mass is 10.1. The first kappa shape index (κ1) is 12.1. The normalized spacial score (nSPS) is 14.2. The summed E-state index contributed by atoms with van der Waals surface area (Å²) in [6.45, 7) is 3.35. The summed E-state index contributed by atoms with van der Waals surface area (Å²) in [6, 6.07) is 6.46. The van der Waals surface area contributed by atoms with Gasteiger partial charge in [-0.3, -0.25) is 9.36 Å². The van der Waals surface area contributed by atoms with Crippen molar-refractivity contribution < 1.29 is 9.18 Å². The monoisotopic (exact) mass is 258 g/mol. The maximum atomic E-state index is 13.3. The SMILES string of the molecule is Cc1cc(C(=O)n2ccc3c2CCNC3)ccc1F. The summed E-state index contributed by atoms with van der Waals surface area (Å²) in [5.41, 5.74) is 3.24. The van der Waals surface area contributed by atoms with Crippen LogP contribution >= 0.6 is 0 Å². The number of carbonyl (C=O) groups is 1. The molecule has 3 nitrogen and oxygen atoms in total. The molecule has 1 aliphatic rings.